The second-order valence-electron chi connectivity index (χ2n) is 5.78. The molecule has 0 unspecified atom stereocenters. The fourth-order valence-corrected chi connectivity index (χ4v) is 2.57. The molecule has 0 saturated heterocycles. The van der Waals surface area contributed by atoms with E-state index in [2.05, 4.69) is 10.1 Å². The van der Waals surface area contributed by atoms with Crippen molar-refractivity contribution < 1.29 is 23.8 Å². The van der Waals surface area contributed by atoms with Crippen molar-refractivity contribution in [2.45, 2.75) is 0 Å². The number of fused-ring (bicyclic) bond motifs is 1. The molecule has 3 aromatic rings. The Kier molecular flexibility index (Phi) is 5.56. The SMILES string of the molecule is COC(=O)c1ccc(NC(=O)COc2ccc3ccc(OC)cc3c2)cc1. The fraction of sp³-hybridized carbons (Fsp3) is 0.143. The molecule has 138 valence electrons. The molecule has 6 heteroatoms. The van der Waals surface area contributed by atoms with Gasteiger partial charge in [0.05, 0.1) is 19.8 Å². The lowest BCUT2D eigenvalue weighted by Gasteiger charge is -2.09. The third-order valence-corrected chi connectivity index (χ3v) is 3.98. The Morgan fingerprint density at radius 1 is 0.852 bits per heavy atom. The molecule has 0 aliphatic carbocycles. The van der Waals surface area contributed by atoms with E-state index in [1.54, 1.807) is 31.4 Å². The minimum atomic E-state index is -0.427. The van der Waals surface area contributed by atoms with Gasteiger partial charge in [0.15, 0.2) is 6.61 Å². The smallest absolute Gasteiger partial charge is 0.337 e. The van der Waals surface area contributed by atoms with Crippen LogP contribution in [0.1, 0.15) is 10.4 Å². The summed E-state index contributed by atoms with van der Waals surface area (Å²) < 4.78 is 15.4. The summed E-state index contributed by atoms with van der Waals surface area (Å²) >= 11 is 0. The topological polar surface area (TPSA) is 73.9 Å². The monoisotopic (exact) mass is 365 g/mol. The average Bonchev–Trinajstić information content (AvgIpc) is 2.71. The van der Waals surface area contributed by atoms with Crippen molar-refractivity contribution in [1.82, 2.24) is 0 Å². The van der Waals surface area contributed by atoms with Gasteiger partial charge in [-0.2, -0.15) is 0 Å². The van der Waals surface area contributed by atoms with Crippen LogP contribution >= 0.6 is 0 Å². The van der Waals surface area contributed by atoms with E-state index < -0.39 is 5.97 Å². The van der Waals surface area contributed by atoms with Crippen LogP contribution in [0.3, 0.4) is 0 Å². The molecule has 0 saturated carbocycles. The number of esters is 1. The van der Waals surface area contributed by atoms with Crippen molar-refractivity contribution >= 4 is 28.3 Å². The zero-order valence-corrected chi connectivity index (χ0v) is 15.0. The van der Waals surface area contributed by atoms with Gasteiger partial charge in [0.2, 0.25) is 0 Å². The van der Waals surface area contributed by atoms with Gasteiger partial charge in [0.25, 0.3) is 5.91 Å². The first kappa shape index (κ1) is 18.3. The number of nitrogens with one attached hydrogen (secondary N) is 1. The Bertz CT molecular complexity index is 966. The number of hydrogen-bond acceptors (Lipinski definition) is 5. The maximum Gasteiger partial charge on any atom is 0.337 e. The quantitative estimate of drug-likeness (QED) is 0.675. The number of amides is 1. The van der Waals surface area contributed by atoms with Gasteiger partial charge < -0.3 is 19.5 Å². The van der Waals surface area contributed by atoms with Gasteiger partial charge >= 0.3 is 5.97 Å². The first-order chi connectivity index (χ1) is 13.1. The predicted octanol–water partition coefficient (Wildman–Crippen LogP) is 3.65. The van der Waals surface area contributed by atoms with Crippen molar-refractivity contribution in [2.75, 3.05) is 26.1 Å². The molecular formula is C21H19NO5. The van der Waals surface area contributed by atoms with Crippen molar-refractivity contribution in [2.24, 2.45) is 0 Å². The van der Waals surface area contributed by atoms with Gasteiger partial charge in [-0.3, -0.25) is 4.79 Å². The van der Waals surface area contributed by atoms with E-state index in [1.807, 2.05) is 36.4 Å². The number of benzene rings is 3. The molecule has 3 rings (SSSR count). The molecule has 0 aliphatic rings. The number of hydrogen-bond donors (Lipinski definition) is 1. The molecule has 6 nitrogen and oxygen atoms in total. The van der Waals surface area contributed by atoms with E-state index in [4.69, 9.17) is 9.47 Å². The van der Waals surface area contributed by atoms with Crippen LogP contribution in [0.4, 0.5) is 5.69 Å². The summed E-state index contributed by atoms with van der Waals surface area (Å²) in [6.07, 6.45) is 0. The number of ether oxygens (including phenoxy) is 3. The van der Waals surface area contributed by atoms with Crippen molar-refractivity contribution in [3.8, 4) is 11.5 Å². The molecule has 3 aromatic carbocycles. The molecule has 0 fully saturated rings. The highest BCUT2D eigenvalue weighted by Gasteiger charge is 2.07. The lowest BCUT2D eigenvalue weighted by Crippen LogP contribution is -2.20. The summed E-state index contributed by atoms with van der Waals surface area (Å²) in [7, 11) is 2.93. The zero-order chi connectivity index (χ0) is 19.2. The molecule has 0 aromatic heterocycles. The maximum atomic E-state index is 12.1. The van der Waals surface area contributed by atoms with Gasteiger partial charge in [-0.15, -0.1) is 0 Å². The predicted molar refractivity (Wildman–Crippen MR) is 102 cm³/mol. The molecule has 0 spiro atoms. The average molecular weight is 365 g/mol. The lowest BCUT2D eigenvalue weighted by atomic mass is 10.1. The highest BCUT2D eigenvalue weighted by molar-refractivity contribution is 5.93. The van der Waals surface area contributed by atoms with Crippen molar-refractivity contribution in [3.05, 3.63) is 66.2 Å². The van der Waals surface area contributed by atoms with Crippen LogP contribution in [0.5, 0.6) is 11.5 Å². The van der Waals surface area contributed by atoms with E-state index >= 15 is 0 Å². The first-order valence-electron chi connectivity index (χ1n) is 8.28. The zero-order valence-electron chi connectivity index (χ0n) is 15.0. The highest BCUT2D eigenvalue weighted by atomic mass is 16.5. The van der Waals surface area contributed by atoms with Gasteiger partial charge in [0.1, 0.15) is 11.5 Å². The summed E-state index contributed by atoms with van der Waals surface area (Å²) in [5.41, 5.74) is 0.984. The van der Waals surface area contributed by atoms with Crippen LogP contribution < -0.4 is 14.8 Å². The molecule has 0 bridgehead atoms. The van der Waals surface area contributed by atoms with E-state index in [0.717, 1.165) is 16.5 Å². The Hall–Kier alpha value is -3.54. The number of carbonyl (C=O) groups is 2. The third kappa shape index (κ3) is 4.55. The Balaban J connectivity index is 1.60. The van der Waals surface area contributed by atoms with Crippen LogP contribution in [0.2, 0.25) is 0 Å². The maximum absolute atomic E-state index is 12.1. The fourth-order valence-electron chi connectivity index (χ4n) is 2.57. The normalized spacial score (nSPS) is 10.3. The molecule has 1 N–H and O–H groups in total. The Morgan fingerprint density at radius 3 is 2.19 bits per heavy atom. The van der Waals surface area contributed by atoms with Crippen LogP contribution in [-0.4, -0.2) is 32.7 Å². The summed E-state index contributed by atoms with van der Waals surface area (Å²) in [6, 6.07) is 17.8. The van der Waals surface area contributed by atoms with Crippen LogP contribution in [0, 0.1) is 0 Å². The van der Waals surface area contributed by atoms with Gasteiger partial charge in [-0.1, -0.05) is 12.1 Å². The summed E-state index contributed by atoms with van der Waals surface area (Å²) in [4.78, 5) is 23.5. The summed E-state index contributed by atoms with van der Waals surface area (Å²) in [6.45, 7) is -0.131. The molecule has 0 radical (unpaired) electrons. The number of methoxy groups -OCH3 is 2. The molecule has 27 heavy (non-hydrogen) atoms. The van der Waals surface area contributed by atoms with E-state index in [-0.39, 0.29) is 12.5 Å². The Labute approximate surface area is 156 Å². The van der Waals surface area contributed by atoms with Crippen molar-refractivity contribution in [3.63, 3.8) is 0 Å². The standard InChI is InChI=1S/C21H19NO5/c1-25-18-9-5-14-6-10-19(12-16(14)11-18)27-13-20(23)22-17-7-3-15(4-8-17)21(24)26-2/h3-12H,13H2,1-2H3,(H,22,23). The van der Waals surface area contributed by atoms with Crippen molar-refractivity contribution in [1.29, 1.82) is 0 Å². The third-order valence-electron chi connectivity index (χ3n) is 3.98. The van der Waals surface area contributed by atoms with Crippen LogP contribution in [-0.2, 0) is 9.53 Å². The molecular weight excluding hydrogens is 346 g/mol. The lowest BCUT2D eigenvalue weighted by molar-refractivity contribution is -0.118. The van der Waals surface area contributed by atoms with E-state index in [9.17, 15) is 9.59 Å². The molecule has 0 atom stereocenters. The highest BCUT2D eigenvalue weighted by Crippen LogP contribution is 2.25. The minimum Gasteiger partial charge on any atom is -0.497 e. The van der Waals surface area contributed by atoms with Gasteiger partial charge in [0, 0.05) is 5.69 Å². The van der Waals surface area contributed by atoms with E-state index in [0.29, 0.717) is 17.0 Å². The molecule has 1 amide bonds. The molecule has 0 heterocycles. The minimum absolute atomic E-state index is 0.131. The summed E-state index contributed by atoms with van der Waals surface area (Å²) in [5, 5.41) is 4.73. The van der Waals surface area contributed by atoms with Gasteiger partial charge in [-0.25, -0.2) is 4.79 Å². The first-order valence-corrected chi connectivity index (χ1v) is 8.28. The Morgan fingerprint density at radius 2 is 1.52 bits per heavy atom. The number of rotatable bonds is 6. The van der Waals surface area contributed by atoms with E-state index in [1.165, 1.54) is 7.11 Å². The van der Waals surface area contributed by atoms with Crippen LogP contribution in [0.15, 0.2) is 60.7 Å². The van der Waals surface area contributed by atoms with Gasteiger partial charge in [-0.05, 0) is 59.3 Å². The largest absolute Gasteiger partial charge is 0.497 e. The number of anilines is 1. The van der Waals surface area contributed by atoms with Crippen LogP contribution in [0.25, 0.3) is 10.8 Å². The molecule has 0 aliphatic heterocycles. The summed E-state index contributed by atoms with van der Waals surface area (Å²) in [5.74, 6) is 0.621. The second kappa shape index (κ2) is 8.23. The second-order valence-corrected chi connectivity index (χ2v) is 5.78. The number of carbonyl (C=O) groups excluding carboxylic acids is 2.